The van der Waals surface area contributed by atoms with Crippen LogP contribution in [0, 0.1) is 0 Å². The molecule has 3 rings (SSSR count). The third kappa shape index (κ3) is 3.08. The zero-order valence-electron chi connectivity index (χ0n) is 12.5. The number of alkyl halides is 3. The van der Waals surface area contributed by atoms with Crippen LogP contribution < -0.4 is 0 Å². The van der Waals surface area contributed by atoms with E-state index in [1.54, 1.807) is 19.3 Å². The Labute approximate surface area is 130 Å². The number of H-pyrrole nitrogens is 1. The highest BCUT2D eigenvalue weighted by Crippen LogP contribution is 2.36. The molecule has 1 aliphatic rings. The normalized spacial score (nSPS) is 14.1. The molecule has 1 N–H and O–H groups in total. The van der Waals surface area contributed by atoms with Crippen LogP contribution in [0.5, 0.6) is 0 Å². The number of amides is 1. The molecule has 0 saturated carbocycles. The number of carbonyl (C=O) groups excluding carboxylic acids is 1. The molecule has 9 heteroatoms. The fourth-order valence-corrected chi connectivity index (χ4v) is 2.83. The van der Waals surface area contributed by atoms with Gasteiger partial charge in [-0.05, 0) is 25.3 Å². The molecular weight excluding hydrogens is 311 g/mol. The summed E-state index contributed by atoms with van der Waals surface area (Å²) in [4.78, 5) is 13.7. The predicted octanol–water partition coefficient (Wildman–Crippen LogP) is 1.77. The van der Waals surface area contributed by atoms with Crippen molar-refractivity contribution in [2.75, 3.05) is 7.05 Å². The van der Waals surface area contributed by atoms with Crippen LogP contribution in [-0.2, 0) is 36.9 Å². The number of aromatic nitrogens is 4. The van der Waals surface area contributed by atoms with Gasteiger partial charge in [-0.2, -0.15) is 23.4 Å². The number of carbonyl (C=O) groups is 1. The van der Waals surface area contributed by atoms with Crippen LogP contribution in [0.15, 0.2) is 12.3 Å². The Morgan fingerprint density at radius 2 is 2.22 bits per heavy atom. The first kappa shape index (κ1) is 15.6. The summed E-state index contributed by atoms with van der Waals surface area (Å²) in [6, 6.07) is 1.73. The monoisotopic (exact) mass is 327 g/mol. The van der Waals surface area contributed by atoms with Gasteiger partial charge in [0.1, 0.15) is 6.54 Å². The fourth-order valence-electron chi connectivity index (χ4n) is 2.83. The summed E-state index contributed by atoms with van der Waals surface area (Å²) < 4.78 is 40.3. The van der Waals surface area contributed by atoms with Crippen LogP contribution in [0.4, 0.5) is 13.2 Å². The Balaban J connectivity index is 1.76. The lowest BCUT2D eigenvalue weighted by Gasteiger charge is -2.16. The van der Waals surface area contributed by atoms with Gasteiger partial charge in [-0.15, -0.1) is 0 Å². The first-order valence-corrected chi connectivity index (χ1v) is 7.24. The zero-order valence-corrected chi connectivity index (χ0v) is 12.5. The second-order valence-corrected chi connectivity index (χ2v) is 5.61. The van der Waals surface area contributed by atoms with Crippen molar-refractivity contribution in [3.8, 4) is 0 Å². The van der Waals surface area contributed by atoms with Gasteiger partial charge in [0, 0.05) is 24.5 Å². The number of aromatic amines is 1. The number of nitrogens with zero attached hydrogens (tertiary/aromatic N) is 4. The van der Waals surface area contributed by atoms with Gasteiger partial charge in [-0.1, -0.05) is 0 Å². The highest BCUT2D eigenvalue weighted by molar-refractivity contribution is 5.75. The Bertz CT molecular complexity index is 705. The average molecular weight is 327 g/mol. The molecule has 6 nitrogen and oxygen atoms in total. The van der Waals surface area contributed by atoms with E-state index in [-0.39, 0.29) is 18.0 Å². The molecule has 0 aliphatic heterocycles. The van der Waals surface area contributed by atoms with Crippen molar-refractivity contribution in [2.45, 2.75) is 38.5 Å². The average Bonchev–Trinajstić information content (AvgIpc) is 3.15. The molecule has 0 bridgehead atoms. The van der Waals surface area contributed by atoms with Crippen LogP contribution >= 0.6 is 0 Å². The van der Waals surface area contributed by atoms with Crippen LogP contribution in [0.25, 0.3) is 0 Å². The predicted molar refractivity (Wildman–Crippen MR) is 74.3 cm³/mol. The van der Waals surface area contributed by atoms with Crippen molar-refractivity contribution in [1.82, 2.24) is 24.9 Å². The summed E-state index contributed by atoms with van der Waals surface area (Å²) in [7, 11) is 1.59. The number of likely N-dealkylation sites (N-methyl/N-ethyl adjacent to an activating group) is 1. The van der Waals surface area contributed by atoms with Crippen molar-refractivity contribution in [3.63, 3.8) is 0 Å². The van der Waals surface area contributed by atoms with Crippen molar-refractivity contribution in [1.29, 1.82) is 0 Å². The van der Waals surface area contributed by atoms with Gasteiger partial charge in [-0.25, -0.2) is 0 Å². The van der Waals surface area contributed by atoms with E-state index in [1.165, 1.54) is 9.58 Å². The van der Waals surface area contributed by atoms with Gasteiger partial charge in [0.15, 0.2) is 5.69 Å². The fraction of sp³-hybridized carbons (Fsp3) is 0.500. The molecule has 124 valence electrons. The lowest BCUT2D eigenvalue weighted by Crippen LogP contribution is -2.30. The molecular formula is C14H16F3N5O. The first-order valence-electron chi connectivity index (χ1n) is 7.24. The van der Waals surface area contributed by atoms with E-state index in [0.717, 1.165) is 5.69 Å². The third-order valence-electron chi connectivity index (χ3n) is 3.95. The van der Waals surface area contributed by atoms with Gasteiger partial charge in [0.2, 0.25) is 5.91 Å². The minimum absolute atomic E-state index is 0.191. The summed E-state index contributed by atoms with van der Waals surface area (Å²) in [6.07, 6.45) is -1.36. The van der Waals surface area contributed by atoms with E-state index in [1.807, 2.05) is 0 Å². The third-order valence-corrected chi connectivity index (χ3v) is 3.95. The smallest absolute Gasteiger partial charge is 0.338 e. The van der Waals surface area contributed by atoms with Gasteiger partial charge in [0.05, 0.1) is 12.2 Å². The molecule has 0 unspecified atom stereocenters. The van der Waals surface area contributed by atoms with E-state index in [2.05, 4.69) is 15.3 Å². The number of hydrogen-bond donors (Lipinski definition) is 1. The zero-order chi connectivity index (χ0) is 16.6. The maximum atomic E-state index is 13.0. The second kappa shape index (κ2) is 5.71. The van der Waals surface area contributed by atoms with Crippen LogP contribution in [-0.4, -0.2) is 37.8 Å². The first-order chi connectivity index (χ1) is 10.9. The summed E-state index contributed by atoms with van der Waals surface area (Å²) in [5.41, 5.74) is 0.665. The van der Waals surface area contributed by atoms with E-state index in [4.69, 9.17) is 0 Å². The quantitative estimate of drug-likeness (QED) is 0.931. The Morgan fingerprint density at radius 1 is 1.43 bits per heavy atom. The maximum Gasteiger partial charge on any atom is 0.435 e. The second-order valence-electron chi connectivity index (χ2n) is 5.61. The molecule has 1 amide bonds. The molecule has 2 aromatic heterocycles. The summed E-state index contributed by atoms with van der Waals surface area (Å²) in [5.74, 6) is -0.300. The summed E-state index contributed by atoms with van der Waals surface area (Å²) in [5, 5.41) is 10.2. The van der Waals surface area contributed by atoms with Gasteiger partial charge < -0.3 is 4.90 Å². The van der Waals surface area contributed by atoms with E-state index in [0.29, 0.717) is 31.5 Å². The van der Waals surface area contributed by atoms with Crippen LogP contribution in [0.1, 0.15) is 29.1 Å². The lowest BCUT2D eigenvalue weighted by molar-refractivity contribution is -0.142. The Kier molecular flexibility index (Phi) is 3.87. The number of nitrogens with one attached hydrogen (secondary N) is 1. The molecule has 1 aliphatic carbocycles. The van der Waals surface area contributed by atoms with Crippen molar-refractivity contribution >= 4 is 5.91 Å². The Hall–Kier alpha value is -2.32. The minimum atomic E-state index is -4.48. The SMILES string of the molecule is CN(Cc1ccn[nH]1)C(=O)Cn1nc(C(F)(F)F)c2c1CCC2. The molecule has 0 fully saturated rings. The van der Waals surface area contributed by atoms with Gasteiger partial charge >= 0.3 is 6.18 Å². The van der Waals surface area contributed by atoms with Crippen molar-refractivity contribution in [2.24, 2.45) is 0 Å². The number of hydrogen-bond acceptors (Lipinski definition) is 3. The number of halogens is 3. The molecule has 0 saturated heterocycles. The van der Waals surface area contributed by atoms with Crippen LogP contribution in [0.3, 0.4) is 0 Å². The standard InChI is InChI=1S/C14H16F3N5O/c1-21(7-9-5-6-18-19-9)12(23)8-22-11-4-2-3-10(11)13(20-22)14(15,16)17/h5-6H,2-4,7-8H2,1H3,(H,18,19). The largest absolute Gasteiger partial charge is 0.435 e. The van der Waals surface area contributed by atoms with Crippen molar-refractivity contribution < 1.29 is 18.0 Å². The number of rotatable bonds is 4. The minimum Gasteiger partial charge on any atom is -0.338 e. The molecule has 2 aromatic rings. The molecule has 0 aromatic carbocycles. The molecule has 0 atom stereocenters. The van der Waals surface area contributed by atoms with E-state index < -0.39 is 11.9 Å². The van der Waals surface area contributed by atoms with Gasteiger partial charge in [0.25, 0.3) is 0 Å². The molecule has 0 spiro atoms. The highest BCUT2D eigenvalue weighted by Gasteiger charge is 2.40. The lowest BCUT2D eigenvalue weighted by atomic mass is 10.2. The summed E-state index contributed by atoms with van der Waals surface area (Å²) in [6.45, 7) is 0.122. The van der Waals surface area contributed by atoms with Gasteiger partial charge in [-0.3, -0.25) is 14.6 Å². The van der Waals surface area contributed by atoms with E-state index in [9.17, 15) is 18.0 Å². The molecule has 2 heterocycles. The molecule has 0 radical (unpaired) electrons. The highest BCUT2D eigenvalue weighted by atomic mass is 19.4. The maximum absolute atomic E-state index is 13.0. The Morgan fingerprint density at radius 3 is 2.87 bits per heavy atom. The summed E-state index contributed by atoms with van der Waals surface area (Å²) >= 11 is 0. The number of fused-ring (bicyclic) bond motifs is 1. The van der Waals surface area contributed by atoms with Crippen molar-refractivity contribution in [3.05, 3.63) is 34.9 Å². The molecule has 23 heavy (non-hydrogen) atoms. The topological polar surface area (TPSA) is 66.8 Å². The van der Waals surface area contributed by atoms with Crippen LogP contribution in [0.2, 0.25) is 0 Å². The van der Waals surface area contributed by atoms with E-state index >= 15 is 0 Å².